The molecule has 66 valence electrons. The number of hydrogen-bond donors (Lipinski definition) is 1. The van der Waals surface area contributed by atoms with Gasteiger partial charge in [-0.05, 0) is 6.92 Å². The highest BCUT2D eigenvalue weighted by Crippen LogP contribution is 2.17. The van der Waals surface area contributed by atoms with Gasteiger partial charge in [-0.15, -0.1) is 0 Å². The number of allylic oxidation sites excluding steroid dienone is 2. The van der Waals surface area contributed by atoms with Crippen molar-refractivity contribution >= 4 is 5.57 Å². The average Bonchev–Trinajstić information content (AvgIpc) is 2.61. The van der Waals surface area contributed by atoms with Crippen LogP contribution < -0.4 is 0 Å². The predicted molar refractivity (Wildman–Crippen MR) is 47.1 cm³/mol. The van der Waals surface area contributed by atoms with Crippen molar-refractivity contribution in [1.82, 2.24) is 9.97 Å². The molecule has 1 N–H and O–H groups in total. The highest BCUT2D eigenvalue weighted by molar-refractivity contribution is 5.83. The summed E-state index contributed by atoms with van der Waals surface area (Å²) in [5.41, 5.74) is 0.798. The van der Waals surface area contributed by atoms with Crippen molar-refractivity contribution in [2.75, 3.05) is 0 Å². The molecule has 1 aromatic heterocycles. The summed E-state index contributed by atoms with van der Waals surface area (Å²) in [6, 6.07) is 5.12. The van der Waals surface area contributed by atoms with Crippen molar-refractivity contribution in [2.24, 2.45) is 0 Å². The van der Waals surface area contributed by atoms with Crippen LogP contribution in [0.4, 0.5) is 0 Å². The Labute approximate surface area is 80.5 Å². The van der Waals surface area contributed by atoms with Crippen LogP contribution in [0.1, 0.15) is 11.4 Å². The van der Waals surface area contributed by atoms with E-state index in [9.17, 15) is 0 Å². The Balaban J connectivity index is 3.43. The minimum Gasteiger partial charge on any atom is -0.348 e. The van der Waals surface area contributed by atoms with E-state index in [4.69, 9.17) is 15.8 Å². The molecule has 1 aromatic rings. The zero-order chi connectivity index (χ0) is 10.6. The third-order valence-electron chi connectivity index (χ3n) is 1.65. The molecule has 0 bridgehead atoms. The SMILES string of the molecule is Cc1[nH]cnc1C(C#N)=C(C#N)C#N. The zero-order valence-corrected chi connectivity index (χ0v) is 7.37. The van der Waals surface area contributed by atoms with Gasteiger partial charge in [0.15, 0.2) is 0 Å². The molecule has 5 heteroatoms. The van der Waals surface area contributed by atoms with Crippen LogP contribution >= 0.6 is 0 Å². The Hall–Kier alpha value is -2.58. The molecule has 0 spiro atoms. The van der Waals surface area contributed by atoms with Gasteiger partial charge in [-0.25, -0.2) is 4.98 Å². The maximum atomic E-state index is 8.79. The highest BCUT2D eigenvalue weighted by Gasteiger charge is 2.12. The van der Waals surface area contributed by atoms with Crippen molar-refractivity contribution in [1.29, 1.82) is 15.8 Å². The van der Waals surface area contributed by atoms with Gasteiger partial charge in [0.25, 0.3) is 0 Å². The Morgan fingerprint density at radius 1 is 1.29 bits per heavy atom. The summed E-state index contributed by atoms with van der Waals surface area (Å²) in [4.78, 5) is 6.64. The molecule has 0 aromatic carbocycles. The maximum absolute atomic E-state index is 8.79. The van der Waals surface area contributed by atoms with Crippen molar-refractivity contribution in [3.8, 4) is 18.2 Å². The summed E-state index contributed by atoms with van der Waals surface area (Å²) in [5.74, 6) is 0. The number of nitriles is 3. The van der Waals surface area contributed by atoms with E-state index < -0.39 is 0 Å². The van der Waals surface area contributed by atoms with Gasteiger partial charge >= 0.3 is 0 Å². The molecule has 0 aliphatic rings. The van der Waals surface area contributed by atoms with Crippen molar-refractivity contribution in [2.45, 2.75) is 6.92 Å². The maximum Gasteiger partial charge on any atom is 0.149 e. The quantitative estimate of drug-likeness (QED) is 0.657. The molecule has 0 aliphatic carbocycles. The number of imidazole rings is 1. The predicted octanol–water partition coefficient (Wildman–Crippen LogP) is 1.04. The van der Waals surface area contributed by atoms with Gasteiger partial charge in [-0.3, -0.25) is 0 Å². The number of hydrogen-bond acceptors (Lipinski definition) is 4. The summed E-state index contributed by atoms with van der Waals surface area (Å²) >= 11 is 0. The highest BCUT2D eigenvalue weighted by atomic mass is 14.9. The second-order valence-corrected chi connectivity index (χ2v) is 2.46. The van der Waals surface area contributed by atoms with E-state index in [-0.39, 0.29) is 11.1 Å². The van der Waals surface area contributed by atoms with E-state index in [2.05, 4.69) is 9.97 Å². The summed E-state index contributed by atoms with van der Waals surface area (Å²) in [7, 11) is 0. The number of nitrogens with one attached hydrogen (secondary N) is 1. The summed E-state index contributed by atoms with van der Waals surface area (Å²) < 4.78 is 0. The lowest BCUT2D eigenvalue weighted by Crippen LogP contribution is -1.89. The lowest BCUT2D eigenvalue weighted by Gasteiger charge is -1.93. The summed E-state index contributed by atoms with van der Waals surface area (Å²) in [6.45, 7) is 1.71. The molecule has 0 amide bonds. The van der Waals surface area contributed by atoms with Gasteiger partial charge in [0.2, 0.25) is 0 Å². The van der Waals surface area contributed by atoms with Crippen LogP contribution in [-0.2, 0) is 0 Å². The number of aromatic nitrogens is 2. The molecule has 0 saturated heterocycles. The van der Waals surface area contributed by atoms with Crippen LogP contribution in [0.3, 0.4) is 0 Å². The number of H-pyrrole nitrogens is 1. The standard InChI is InChI=1S/C9H5N5/c1-6-9(14-5-13-6)8(4-12)7(2-10)3-11/h5H,1H3,(H,13,14). The second-order valence-electron chi connectivity index (χ2n) is 2.46. The molecule has 14 heavy (non-hydrogen) atoms. The smallest absolute Gasteiger partial charge is 0.149 e. The largest absolute Gasteiger partial charge is 0.348 e. The lowest BCUT2D eigenvalue weighted by atomic mass is 10.1. The topological polar surface area (TPSA) is 100 Å². The van der Waals surface area contributed by atoms with Gasteiger partial charge in [0.1, 0.15) is 35.0 Å². The van der Waals surface area contributed by atoms with E-state index in [1.807, 2.05) is 0 Å². The number of aryl methyl sites for hydroxylation is 1. The van der Waals surface area contributed by atoms with E-state index >= 15 is 0 Å². The molecule has 0 unspecified atom stereocenters. The first-order valence-electron chi connectivity index (χ1n) is 3.69. The fraction of sp³-hybridized carbons (Fsp3) is 0.111. The first-order valence-corrected chi connectivity index (χ1v) is 3.69. The van der Waals surface area contributed by atoms with Gasteiger partial charge in [-0.2, -0.15) is 15.8 Å². The van der Waals surface area contributed by atoms with Crippen LogP contribution in [-0.4, -0.2) is 9.97 Å². The molecule has 5 nitrogen and oxygen atoms in total. The van der Waals surface area contributed by atoms with Crippen LogP contribution in [0.15, 0.2) is 11.9 Å². The van der Waals surface area contributed by atoms with E-state index in [1.165, 1.54) is 6.33 Å². The van der Waals surface area contributed by atoms with Crippen molar-refractivity contribution in [3.63, 3.8) is 0 Å². The molecule has 0 atom stereocenters. The van der Waals surface area contributed by atoms with Gasteiger partial charge in [0, 0.05) is 5.69 Å². The third-order valence-corrected chi connectivity index (χ3v) is 1.65. The first kappa shape index (κ1) is 9.51. The Bertz CT molecular complexity index is 485. The van der Waals surface area contributed by atoms with Crippen molar-refractivity contribution in [3.05, 3.63) is 23.3 Å². The van der Waals surface area contributed by atoms with Crippen LogP contribution in [0.2, 0.25) is 0 Å². The van der Waals surface area contributed by atoms with Crippen LogP contribution in [0, 0.1) is 40.9 Å². The third kappa shape index (κ3) is 1.46. The van der Waals surface area contributed by atoms with E-state index in [0.717, 1.165) is 0 Å². The molecule has 0 saturated carbocycles. The molecular weight excluding hydrogens is 178 g/mol. The summed E-state index contributed by atoms with van der Waals surface area (Å²) in [5, 5.41) is 26.0. The molecule has 1 heterocycles. The Morgan fingerprint density at radius 2 is 1.93 bits per heavy atom. The molecule has 0 fully saturated rings. The average molecular weight is 183 g/mol. The van der Waals surface area contributed by atoms with E-state index in [1.54, 1.807) is 25.1 Å². The Morgan fingerprint density at radius 3 is 2.29 bits per heavy atom. The first-order chi connectivity index (χ1) is 6.74. The fourth-order valence-electron chi connectivity index (χ4n) is 0.975. The van der Waals surface area contributed by atoms with Gasteiger partial charge in [-0.1, -0.05) is 0 Å². The lowest BCUT2D eigenvalue weighted by molar-refractivity contribution is 1.25. The summed E-state index contributed by atoms with van der Waals surface area (Å²) in [6.07, 6.45) is 1.41. The molecule has 0 aliphatic heterocycles. The number of aromatic amines is 1. The van der Waals surface area contributed by atoms with E-state index in [0.29, 0.717) is 11.4 Å². The Kier molecular flexibility index (Phi) is 2.64. The fourth-order valence-corrected chi connectivity index (χ4v) is 0.975. The molecule has 0 radical (unpaired) electrons. The zero-order valence-electron chi connectivity index (χ0n) is 7.37. The number of rotatable bonds is 1. The minimum absolute atomic E-state index is 0.00810. The van der Waals surface area contributed by atoms with Gasteiger partial charge in [0.05, 0.1) is 6.33 Å². The number of nitrogens with zero attached hydrogens (tertiary/aromatic N) is 4. The second kappa shape index (κ2) is 3.89. The monoisotopic (exact) mass is 183 g/mol. The molecular formula is C9H5N5. The van der Waals surface area contributed by atoms with Gasteiger partial charge < -0.3 is 4.98 Å². The van der Waals surface area contributed by atoms with Crippen LogP contribution in [0.5, 0.6) is 0 Å². The van der Waals surface area contributed by atoms with Crippen LogP contribution in [0.25, 0.3) is 5.57 Å². The van der Waals surface area contributed by atoms with Crippen molar-refractivity contribution < 1.29 is 0 Å². The normalized spacial score (nSPS) is 8.14. The minimum atomic E-state index is -0.220. The molecule has 1 rings (SSSR count).